The topological polar surface area (TPSA) is 62.7 Å². The van der Waals surface area contributed by atoms with Gasteiger partial charge in [0.25, 0.3) is 0 Å². The number of nitrogens with zero attached hydrogens (tertiary/aromatic N) is 2. The Morgan fingerprint density at radius 1 is 1.43 bits per heavy atom. The normalized spacial score (nSPS) is 17.5. The lowest BCUT2D eigenvalue weighted by atomic mass is 10.2. The highest BCUT2D eigenvalue weighted by atomic mass is 32.1. The van der Waals surface area contributed by atoms with Gasteiger partial charge >= 0.3 is 0 Å². The van der Waals surface area contributed by atoms with Crippen molar-refractivity contribution in [1.82, 2.24) is 9.88 Å². The van der Waals surface area contributed by atoms with E-state index in [-0.39, 0.29) is 12.0 Å². The van der Waals surface area contributed by atoms with E-state index in [9.17, 15) is 9.90 Å². The molecule has 0 saturated carbocycles. The van der Waals surface area contributed by atoms with Gasteiger partial charge in [-0.15, -0.1) is 11.3 Å². The van der Waals surface area contributed by atoms with Crippen LogP contribution in [-0.4, -0.2) is 46.7 Å². The number of aliphatic hydroxyl groups is 1. The molecule has 1 aromatic carbocycles. The average molecular weight is 332 g/mol. The molecule has 2 heterocycles. The van der Waals surface area contributed by atoms with Crippen LogP contribution < -0.4 is 4.74 Å². The van der Waals surface area contributed by atoms with Gasteiger partial charge in [-0.1, -0.05) is 0 Å². The van der Waals surface area contributed by atoms with Gasteiger partial charge in [0.05, 0.1) is 24.8 Å². The number of aromatic nitrogens is 1. The highest BCUT2D eigenvalue weighted by Crippen LogP contribution is 2.26. The Morgan fingerprint density at radius 3 is 2.87 bits per heavy atom. The molecule has 0 bridgehead atoms. The number of rotatable bonds is 5. The molecule has 1 aliphatic rings. The molecule has 1 amide bonds. The Bertz CT molecular complexity index is 669. The Balaban J connectivity index is 1.64. The third kappa shape index (κ3) is 3.89. The van der Waals surface area contributed by atoms with E-state index in [0.29, 0.717) is 32.5 Å². The van der Waals surface area contributed by atoms with Crippen molar-refractivity contribution in [2.24, 2.45) is 0 Å². The molecule has 1 saturated heterocycles. The van der Waals surface area contributed by atoms with E-state index in [4.69, 9.17) is 4.74 Å². The number of hydrogen-bond donors (Lipinski definition) is 1. The number of likely N-dealkylation sites (tertiary alicyclic amines) is 1. The summed E-state index contributed by atoms with van der Waals surface area (Å²) in [6, 6.07) is 7.81. The predicted molar refractivity (Wildman–Crippen MR) is 89.6 cm³/mol. The second-order valence-electron chi connectivity index (χ2n) is 5.56. The van der Waals surface area contributed by atoms with Crippen molar-refractivity contribution in [3.05, 3.63) is 35.3 Å². The van der Waals surface area contributed by atoms with Crippen LogP contribution in [0.3, 0.4) is 0 Å². The summed E-state index contributed by atoms with van der Waals surface area (Å²) >= 11 is 1.53. The van der Waals surface area contributed by atoms with Crippen LogP contribution in [0.1, 0.15) is 19.0 Å². The molecule has 1 aromatic heterocycles. The highest BCUT2D eigenvalue weighted by molar-refractivity contribution is 7.13. The van der Waals surface area contributed by atoms with E-state index < -0.39 is 0 Å². The number of ether oxygens (including phenoxy) is 1. The van der Waals surface area contributed by atoms with E-state index in [2.05, 4.69) is 4.98 Å². The van der Waals surface area contributed by atoms with Crippen molar-refractivity contribution in [1.29, 1.82) is 0 Å². The summed E-state index contributed by atoms with van der Waals surface area (Å²) in [6.45, 7) is 3.68. The molecule has 122 valence electrons. The first-order valence-corrected chi connectivity index (χ1v) is 8.67. The zero-order chi connectivity index (χ0) is 16.2. The second kappa shape index (κ2) is 7.10. The SMILES string of the molecule is CCOc1ccc(-c2nc(CC(=O)N3CC[C@H](O)C3)cs2)cc1. The van der Waals surface area contributed by atoms with E-state index in [1.165, 1.54) is 11.3 Å². The van der Waals surface area contributed by atoms with Gasteiger partial charge in [0.1, 0.15) is 10.8 Å². The molecule has 3 rings (SSSR count). The van der Waals surface area contributed by atoms with Crippen LogP contribution in [-0.2, 0) is 11.2 Å². The molecule has 1 aliphatic heterocycles. The smallest absolute Gasteiger partial charge is 0.228 e. The molecular formula is C17H20N2O3S. The Labute approximate surface area is 139 Å². The van der Waals surface area contributed by atoms with Crippen LogP contribution in [0.5, 0.6) is 5.75 Å². The van der Waals surface area contributed by atoms with E-state index in [1.54, 1.807) is 4.90 Å². The van der Waals surface area contributed by atoms with Crippen molar-refractivity contribution in [2.45, 2.75) is 25.9 Å². The van der Waals surface area contributed by atoms with Gasteiger partial charge < -0.3 is 14.7 Å². The zero-order valence-electron chi connectivity index (χ0n) is 13.1. The minimum Gasteiger partial charge on any atom is -0.494 e. The van der Waals surface area contributed by atoms with Crippen LogP contribution in [0, 0.1) is 0 Å². The molecule has 1 N–H and O–H groups in total. The van der Waals surface area contributed by atoms with Gasteiger partial charge in [-0.25, -0.2) is 4.98 Å². The molecule has 23 heavy (non-hydrogen) atoms. The minimum atomic E-state index is -0.381. The quantitative estimate of drug-likeness (QED) is 0.913. The average Bonchev–Trinajstić information content (AvgIpc) is 3.18. The summed E-state index contributed by atoms with van der Waals surface area (Å²) in [5.74, 6) is 0.876. The van der Waals surface area contributed by atoms with Crippen molar-refractivity contribution in [3.8, 4) is 16.3 Å². The van der Waals surface area contributed by atoms with Gasteiger partial charge in [0.2, 0.25) is 5.91 Å². The maximum absolute atomic E-state index is 12.2. The van der Waals surface area contributed by atoms with Crippen molar-refractivity contribution < 1.29 is 14.6 Å². The molecule has 6 heteroatoms. The number of aliphatic hydroxyl groups excluding tert-OH is 1. The van der Waals surface area contributed by atoms with Crippen LogP contribution >= 0.6 is 11.3 Å². The predicted octanol–water partition coefficient (Wildman–Crippen LogP) is 2.34. The first-order valence-electron chi connectivity index (χ1n) is 7.79. The maximum Gasteiger partial charge on any atom is 0.228 e. The zero-order valence-corrected chi connectivity index (χ0v) is 13.9. The van der Waals surface area contributed by atoms with Crippen molar-refractivity contribution >= 4 is 17.2 Å². The van der Waals surface area contributed by atoms with Gasteiger partial charge in [-0.3, -0.25) is 4.79 Å². The first-order chi connectivity index (χ1) is 11.2. The number of carbonyl (C=O) groups excluding carboxylic acids is 1. The van der Waals surface area contributed by atoms with Gasteiger partial charge in [0.15, 0.2) is 0 Å². The summed E-state index contributed by atoms with van der Waals surface area (Å²) in [7, 11) is 0. The molecule has 0 unspecified atom stereocenters. The van der Waals surface area contributed by atoms with Crippen LogP contribution in [0.25, 0.3) is 10.6 Å². The largest absolute Gasteiger partial charge is 0.494 e. The number of carbonyl (C=O) groups is 1. The first kappa shape index (κ1) is 16.0. The van der Waals surface area contributed by atoms with Crippen molar-refractivity contribution in [2.75, 3.05) is 19.7 Å². The fourth-order valence-corrected chi connectivity index (χ4v) is 3.44. The third-order valence-electron chi connectivity index (χ3n) is 3.81. The standard InChI is InChI=1S/C17H20N2O3S/c1-2-22-15-5-3-12(4-6-15)17-18-13(11-23-17)9-16(21)19-8-7-14(20)10-19/h3-6,11,14,20H,2,7-10H2,1H3/t14-/m0/s1. The maximum atomic E-state index is 12.2. The molecule has 2 aromatic rings. The molecule has 5 nitrogen and oxygen atoms in total. The lowest BCUT2D eigenvalue weighted by Gasteiger charge is -2.14. The van der Waals surface area contributed by atoms with E-state index >= 15 is 0 Å². The number of amides is 1. The Hall–Kier alpha value is -1.92. The number of β-amino-alcohol motifs (C(OH)–C–C–N with tert-alkyl or cyclic N) is 1. The molecular weight excluding hydrogens is 312 g/mol. The second-order valence-corrected chi connectivity index (χ2v) is 6.42. The van der Waals surface area contributed by atoms with Crippen LogP contribution in [0.2, 0.25) is 0 Å². The number of thiazole rings is 1. The fourth-order valence-electron chi connectivity index (χ4n) is 2.62. The summed E-state index contributed by atoms with van der Waals surface area (Å²) in [5.41, 5.74) is 1.80. The molecule has 0 spiro atoms. The lowest BCUT2D eigenvalue weighted by Crippen LogP contribution is -2.30. The molecule has 1 fully saturated rings. The van der Waals surface area contributed by atoms with Crippen LogP contribution in [0.15, 0.2) is 29.6 Å². The number of benzene rings is 1. The lowest BCUT2D eigenvalue weighted by molar-refractivity contribution is -0.129. The van der Waals surface area contributed by atoms with Gasteiger partial charge in [-0.2, -0.15) is 0 Å². The van der Waals surface area contributed by atoms with Gasteiger partial charge in [0, 0.05) is 24.0 Å². The van der Waals surface area contributed by atoms with Crippen LogP contribution in [0.4, 0.5) is 0 Å². The summed E-state index contributed by atoms with van der Waals surface area (Å²) in [4.78, 5) is 18.4. The molecule has 0 aliphatic carbocycles. The van der Waals surface area contributed by atoms with Crippen molar-refractivity contribution in [3.63, 3.8) is 0 Å². The monoisotopic (exact) mass is 332 g/mol. The fraction of sp³-hybridized carbons (Fsp3) is 0.412. The summed E-state index contributed by atoms with van der Waals surface area (Å²) in [5, 5.41) is 12.3. The summed E-state index contributed by atoms with van der Waals surface area (Å²) < 4.78 is 5.43. The number of hydrogen-bond acceptors (Lipinski definition) is 5. The summed E-state index contributed by atoms with van der Waals surface area (Å²) in [6.07, 6.45) is 0.578. The van der Waals surface area contributed by atoms with E-state index in [1.807, 2.05) is 36.6 Å². The highest BCUT2D eigenvalue weighted by Gasteiger charge is 2.24. The third-order valence-corrected chi connectivity index (χ3v) is 4.75. The Kier molecular flexibility index (Phi) is 4.93. The van der Waals surface area contributed by atoms with Gasteiger partial charge in [-0.05, 0) is 37.6 Å². The Morgan fingerprint density at radius 2 is 2.22 bits per heavy atom. The van der Waals surface area contributed by atoms with E-state index in [0.717, 1.165) is 22.0 Å². The molecule has 1 atom stereocenters. The minimum absolute atomic E-state index is 0.0325. The molecule has 0 radical (unpaired) electrons.